The van der Waals surface area contributed by atoms with E-state index < -0.39 is 0 Å². The van der Waals surface area contributed by atoms with Crippen LogP contribution in [0.25, 0.3) is 11.7 Å². The summed E-state index contributed by atoms with van der Waals surface area (Å²) < 4.78 is 16.6. The molecule has 144 valence electrons. The molecule has 1 aliphatic heterocycles. The smallest absolute Gasteiger partial charge is 0.266 e. The minimum Gasteiger partial charge on any atom is -0.459 e. The van der Waals surface area contributed by atoms with E-state index in [0.29, 0.717) is 24.1 Å². The first-order valence-electron chi connectivity index (χ1n) is 9.31. The van der Waals surface area contributed by atoms with Crippen LogP contribution in [0, 0.1) is 18.3 Å². The molecule has 2 aromatic heterocycles. The van der Waals surface area contributed by atoms with Crippen LogP contribution >= 0.6 is 0 Å². The van der Waals surface area contributed by atoms with E-state index in [2.05, 4.69) is 52.5 Å². The molecule has 0 aliphatic carbocycles. The number of aryl methyl sites for hydroxylation is 1. The maximum atomic E-state index is 9.42. The summed E-state index contributed by atoms with van der Waals surface area (Å²) in [6, 6.07) is 14.3. The van der Waals surface area contributed by atoms with Crippen molar-refractivity contribution in [1.82, 2.24) is 9.88 Å². The van der Waals surface area contributed by atoms with Crippen LogP contribution in [0.15, 0.2) is 51.5 Å². The van der Waals surface area contributed by atoms with Gasteiger partial charge in [0, 0.05) is 19.6 Å². The van der Waals surface area contributed by atoms with Gasteiger partial charge >= 0.3 is 0 Å². The number of anilines is 1. The fourth-order valence-electron chi connectivity index (χ4n) is 3.35. The monoisotopic (exact) mass is 378 g/mol. The molecule has 1 fully saturated rings. The number of morpholine rings is 1. The molecule has 3 aromatic rings. The maximum absolute atomic E-state index is 9.42. The van der Waals surface area contributed by atoms with E-state index in [0.717, 1.165) is 26.3 Å². The lowest BCUT2D eigenvalue weighted by Gasteiger charge is -2.35. The number of furan rings is 1. The normalized spacial score (nSPS) is 15.9. The first kappa shape index (κ1) is 18.3. The van der Waals surface area contributed by atoms with Crippen molar-refractivity contribution in [1.29, 1.82) is 5.26 Å². The number of nitrogens with zero attached hydrogens (tertiary/aromatic N) is 3. The third-order valence-corrected chi connectivity index (χ3v) is 4.87. The number of nitrogens with one attached hydrogen (secondary N) is 1. The van der Waals surface area contributed by atoms with Gasteiger partial charge in [-0.2, -0.15) is 10.2 Å². The average Bonchev–Trinajstić information content (AvgIpc) is 3.40. The highest BCUT2D eigenvalue weighted by Gasteiger charge is 2.24. The van der Waals surface area contributed by atoms with Crippen LogP contribution in [-0.2, 0) is 4.74 Å². The standard InChI is InChI=1S/C21H22N4O3/c1-15-4-6-16(7-5-15)18(25-8-11-26-12-9-25)14-23-20-17(13-22)24-21(28-20)19-3-2-10-27-19/h2-7,10,18,23H,8-9,11-12,14H2,1H3. The first-order valence-corrected chi connectivity index (χ1v) is 9.31. The van der Waals surface area contributed by atoms with E-state index in [1.54, 1.807) is 18.4 Å². The van der Waals surface area contributed by atoms with Crippen LogP contribution in [0.5, 0.6) is 0 Å². The molecule has 1 unspecified atom stereocenters. The molecule has 1 N–H and O–H groups in total. The number of rotatable bonds is 6. The number of hydrogen-bond donors (Lipinski definition) is 1. The summed E-state index contributed by atoms with van der Waals surface area (Å²) in [5.41, 5.74) is 2.66. The number of hydrogen-bond acceptors (Lipinski definition) is 7. The first-order chi connectivity index (χ1) is 13.7. The predicted octanol–water partition coefficient (Wildman–Crippen LogP) is 3.60. The summed E-state index contributed by atoms with van der Waals surface area (Å²) in [6.45, 7) is 5.83. The highest BCUT2D eigenvalue weighted by atomic mass is 16.5. The zero-order valence-corrected chi connectivity index (χ0v) is 15.7. The van der Waals surface area contributed by atoms with Gasteiger partial charge in [-0.25, -0.2) is 0 Å². The highest BCUT2D eigenvalue weighted by molar-refractivity contribution is 5.54. The van der Waals surface area contributed by atoms with Gasteiger partial charge in [0.25, 0.3) is 5.89 Å². The third kappa shape index (κ3) is 3.93. The van der Waals surface area contributed by atoms with E-state index >= 15 is 0 Å². The molecule has 0 radical (unpaired) electrons. The zero-order valence-electron chi connectivity index (χ0n) is 15.7. The molecule has 7 heteroatoms. The molecular weight excluding hydrogens is 356 g/mol. The fourth-order valence-corrected chi connectivity index (χ4v) is 3.35. The van der Waals surface area contributed by atoms with E-state index in [-0.39, 0.29) is 11.7 Å². The molecule has 4 rings (SSSR count). The number of oxazole rings is 1. The van der Waals surface area contributed by atoms with Crippen molar-refractivity contribution in [3.05, 3.63) is 59.5 Å². The Kier molecular flexibility index (Phi) is 5.42. The SMILES string of the molecule is Cc1ccc(C(CNc2oc(-c3ccco3)nc2C#N)N2CCOCC2)cc1. The highest BCUT2D eigenvalue weighted by Crippen LogP contribution is 2.28. The molecule has 1 aromatic carbocycles. The Morgan fingerprint density at radius 1 is 1.21 bits per heavy atom. The predicted molar refractivity (Wildman–Crippen MR) is 104 cm³/mol. The number of ether oxygens (including phenoxy) is 1. The summed E-state index contributed by atoms with van der Waals surface area (Å²) in [4.78, 5) is 6.61. The van der Waals surface area contributed by atoms with Crippen LogP contribution in [0.4, 0.5) is 5.88 Å². The molecule has 0 amide bonds. The minimum atomic E-state index is 0.133. The van der Waals surface area contributed by atoms with Gasteiger partial charge in [-0.1, -0.05) is 29.8 Å². The largest absolute Gasteiger partial charge is 0.459 e. The molecule has 28 heavy (non-hydrogen) atoms. The quantitative estimate of drug-likeness (QED) is 0.701. The van der Waals surface area contributed by atoms with Gasteiger partial charge < -0.3 is 18.9 Å². The molecule has 1 atom stereocenters. The summed E-state index contributed by atoms with van der Waals surface area (Å²) in [5.74, 6) is 1.15. The van der Waals surface area contributed by atoms with Crippen molar-refractivity contribution in [2.45, 2.75) is 13.0 Å². The lowest BCUT2D eigenvalue weighted by Crippen LogP contribution is -2.41. The van der Waals surface area contributed by atoms with Crippen LogP contribution in [0.3, 0.4) is 0 Å². The number of aromatic nitrogens is 1. The topological polar surface area (TPSA) is 87.5 Å². The van der Waals surface area contributed by atoms with E-state index in [4.69, 9.17) is 13.6 Å². The van der Waals surface area contributed by atoms with Crippen LogP contribution in [0.1, 0.15) is 22.9 Å². The van der Waals surface area contributed by atoms with Crippen LogP contribution < -0.4 is 5.32 Å². The summed E-state index contributed by atoms with van der Waals surface area (Å²) >= 11 is 0. The molecule has 1 aliphatic rings. The summed E-state index contributed by atoms with van der Waals surface area (Å²) in [5, 5.41) is 12.7. The van der Waals surface area contributed by atoms with Gasteiger partial charge in [0.2, 0.25) is 11.6 Å². The van der Waals surface area contributed by atoms with Crippen molar-refractivity contribution in [2.24, 2.45) is 0 Å². The van der Waals surface area contributed by atoms with Gasteiger partial charge in [-0.05, 0) is 24.6 Å². The second-order valence-electron chi connectivity index (χ2n) is 6.74. The third-order valence-electron chi connectivity index (χ3n) is 4.87. The molecule has 1 saturated heterocycles. The Morgan fingerprint density at radius 2 is 2.00 bits per heavy atom. The Labute approximate surface area is 163 Å². The lowest BCUT2D eigenvalue weighted by molar-refractivity contribution is 0.0186. The summed E-state index contributed by atoms with van der Waals surface area (Å²) in [6.07, 6.45) is 1.55. The maximum Gasteiger partial charge on any atom is 0.266 e. The van der Waals surface area contributed by atoms with Crippen molar-refractivity contribution in [3.63, 3.8) is 0 Å². The Morgan fingerprint density at radius 3 is 2.68 bits per heavy atom. The van der Waals surface area contributed by atoms with Gasteiger partial charge in [-0.15, -0.1) is 0 Å². The molecule has 7 nitrogen and oxygen atoms in total. The molecule has 0 bridgehead atoms. The Hall–Kier alpha value is -3.08. The average molecular weight is 378 g/mol. The summed E-state index contributed by atoms with van der Waals surface area (Å²) in [7, 11) is 0. The van der Waals surface area contributed by atoms with Crippen molar-refractivity contribution < 1.29 is 13.6 Å². The van der Waals surface area contributed by atoms with Crippen LogP contribution in [-0.4, -0.2) is 42.7 Å². The number of benzene rings is 1. The zero-order chi connectivity index (χ0) is 19.3. The van der Waals surface area contributed by atoms with Crippen molar-refractivity contribution in [2.75, 3.05) is 38.2 Å². The Balaban J connectivity index is 1.55. The van der Waals surface area contributed by atoms with Gasteiger partial charge in [0.05, 0.1) is 25.5 Å². The Bertz CT molecular complexity index is 935. The van der Waals surface area contributed by atoms with Gasteiger partial charge in [0.1, 0.15) is 6.07 Å². The molecular formula is C21H22N4O3. The minimum absolute atomic E-state index is 0.133. The van der Waals surface area contributed by atoms with E-state index in [1.165, 1.54) is 11.1 Å². The number of nitriles is 1. The second kappa shape index (κ2) is 8.30. The van der Waals surface area contributed by atoms with Crippen molar-refractivity contribution >= 4 is 5.88 Å². The molecule has 0 saturated carbocycles. The molecule has 3 heterocycles. The van der Waals surface area contributed by atoms with Gasteiger partial charge in [-0.3, -0.25) is 4.90 Å². The van der Waals surface area contributed by atoms with Gasteiger partial charge in [0.15, 0.2) is 5.76 Å². The lowest BCUT2D eigenvalue weighted by atomic mass is 10.0. The second-order valence-corrected chi connectivity index (χ2v) is 6.74. The van der Waals surface area contributed by atoms with Crippen LogP contribution in [0.2, 0.25) is 0 Å². The fraction of sp³-hybridized carbons (Fsp3) is 0.333. The van der Waals surface area contributed by atoms with Crippen molar-refractivity contribution in [3.8, 4) is 17.7 Å². The van der Waals surface area contributed by atoms with E-state index in [9.17, 15) is 5.26 Å². The van der Waals surface area contributed by atoms with E-state index in [1.807, 2.05) is 0 Å². The molecule has 0 spiro atoms.